The molecule has 0 spiro atoms. The molecule has 1 aliphatic heterocycles. The smallest absolute Gasteiger partial charge is 0.199 e. The summed E-state index contributed by atoms with van der Waals surface area (Å²) in [5, 5.41) is 14.3. The lowest BCUT2D eigenvalue weighted by atomic mass is 10.1. The molecule has 6 nitrogen and oxygen atoms in total. The van der Waals surface area contributed by atoms with Crippen LogP contribution < -0.4 is 4.74 Å². The summed E-state index contributed by atoms with van der Waals surface area (Å²) in [6.07, 6.45) is 1.45. The second kappa shape index (κ2) is 6.82. The van der Waals surface area contributed by atoms with Gasteiger partial charge in [-0.2, -0.15) is 5.10 Å². The van der Waals surface area contributed by atoms with Crippen molar-refractivity contribution in [1.82, 2.24) is 19.2 Å². The predicted molar refractivity (Wildman–Crippen MR) is 90.8 cm³/mol. The van der Waals surface area contributed by atoms with Gasteiger partial charge in [0, 0.05) is 25.7 Å². The highest BCUT2D eigenvalue weighted by molar-refractivity contribution is 7.71. The third kappa shape index (κ3) is 3.46. The number of aliphatic hydroxyl groups is 1. The molecule has 23 heavy (non-hydrogen) atoms. The maximum Gasteiger partial charge on any atom is 0.199 e. The molecule has 1 aromatic carbocycles. The molecular formula is C16H22N4O2S. The van der Waals surface area contributed by atoms with Crippen molar-refractivity contribution in [1.29, 1.82) is 0 Å². The molecule has 7 heteroatoms. The van der Waals surface area contributed by atoms with Crippen LogP contribution in [0.1, 0.15) is 12.8 Å². The van der Waals surface area contributed by atoms with Crippen molar-refractivity contribution in [3.63, 3.8) is 0 Å². The van der Waals surface area contributed by atoms with Gasteiger partial charge < -0.3 is 14.4 Å². The van der Waals surface area contributed by atoms with Crippen LogP contribution >= 0.6 is 12.2 Å². The summed E-state index contributed by atoms with van der Waals surface area (Å²) in [5.41, 5.74) is 1.01. The van der Waals surface area contributed by atoms with Crippen molar-refractivity contribution in [3.8, 4) is 17.1 Å². The molecule has 2 heterocycles. The van der Waals surface area contributed by atoms with E-state index in [9.17, 15) is 5.11 Å². The number of likely N-dealkylation sites (tertiary alicyclic amines) is 1. The summed E-state index contributed by atoms with van der Waals surface area (Å²) < 4.78 is 9.67. The van der Waals surface area contributed by atoms with Gasteiger partial charge in [-0.3, -0.25) is 4.90 Å². The Morgan fingerprint density at radius 2 is 1.91 bits per heavy atom. The third-order valence-corrected chi connectivity index (χ3v) is 4.76. The summed E-state index contributed by atoms with van der Waals surface area (Å²) in [4.78, 5) is 2.27. The molecule has 1 aromatic heterocycles. The maximum absolute atomic E-state index is 9.60. The first-order chi connectivity index (χ1) is 11.1. The van der Waals surface area contributed by atoms with E-state index < -0.39 is 0 Å². The molecule has 0 radical (unpaired) electrons. The Morgan fingerprint density at radius 3 is 2.52 bits per heavy atom. The molecule has 0 atom stereocenters. The fourth-order valence-corrected chi connectivity index (χ4v) is 3.01. The normalized spacial score (nSPS) is 16.7. The molecule has 0 aliphatic carbocycles. The maximum atomic E-state index is 9.60. The van der Waals surface area contributed by atoms with Crippen LogP contribution in [0.4, 0.5) is 0 Å². The number of hydrogen-bond acceptors (Lipinski definition) is 5. The van der Waals surface area contributed by atoms with Crippen LogP contribution in [0.2, 0.25) is 0 Å². The van der Waals surface area contributed by atoms with Gasteiger partial charge in [-0.15, -0.1) is 0 Å². The van der Waals surface area contributed by atoms with Crippen molar-refractivity contribution < 1.29 is 9.84 Å². The lowest BCUT2D eigenvalue weighted by Gasteiger charge is -2.28. The first kappa shape index (κ1) is 16.2. The van der Waals surface area contributed by atoms with Crippen molar-refractivity contribution in [2.75, 3.05) is 20.2 Å². The van der Waals surface area contributed by atoms with Crippen molar-refractivity contribution in [2.45, 2.75) is 25.6 Å². The fourth-order valence-electron chi connectivity index (χ4n) is 2.82. The van der Waals surface area contributed by atoms with Crippen LogP contribution in [0.25, 0.3) is 11.4 Å². The average molecular weight is 334 g/mol. The topological polar surface area (TPSA) is 55.4 Å². The third-order valence-electron chi connectivity index (χ3n) is 4.28. The number of piperidine rings is 1. The van der Waals surface area contributed by atoms with Crippen LogP contribution in [-0.2, 0) is 13.7 Å². The first-order valence-electron chi connectivity index (χ1n) is 7.77. The number of hydrogen-bond donors (Lipinski definition) is 1. The van der Waals surface area contributed by atoms with Crippen LogP contribution in [0.3, 0.4) is 0 Å². The highest BCUT2D eigenvalue weighted by atomic mass is 32.1. The molecule has 124 valence electrons. The summed E-state index contributed by atoms with van der Waals surface area (Å²) in [5.74, 6) is 1.66. The zero-order valence-corrected chi connectivity index (χ0v) is 14.3. The summed E-state index contributed by atoms with van der Waals surface area (Å²) >= 11 is 5.52. The molecule has 1 fully saturated rings. The Bertz CT molecular complexity index is 715. The standard InChI is InChI=1S/C16H22N4O2S/c1-18-15(12-3-5-14(22-2)6-4-12)17-20(16(18)23)11-19-9-7-13(21)8-10-19/h3-6,13,21H,7-11H2,1-2H3. The van der Waals surface area contributed by atoms with Crippen LogP contribution in [0.15, 0.2) is 24.3 Å². The fraction of sp³-hybridized carbons (Fsp3) is 0.500. The van der Waals surface area contributed by atoms with Gasteiger partial charge in [-0.1, -0.05) is 0 Å². The molecule has 0 saturated carbocycles. The summed E-state index contributed by atoms with van der Waals surface area (Å²) in [6, 6.07) is 7.81. The molecule has 0 bridgehead atoms. The second-order valence-corrected chi connectivity index (χ2v) is 6.25. The molecule has 1 saturated heterocycles. The highest BCUT2D eigenvalue weighted by Gasteiger charge is 2.18. The van der Waals surface area contributed by atoms with Crippen molar-refractivity contribution >= 4 is 12.2 Å². The van der Waals surface area contributed by atoms with Gasteiger partial charge in [0.15, 0.2) is 10.6 Å². The van der Waals surface area contributed by atoms with Crippen molar-refractivity contribution in [2.24, 2.45) is 7.05 Å². The van der Waals surface area contributed by atoms with Crippen LogP contribution in [-0.4, -0.2) is 50.7 Å². The molecule has 1 N–H and O–H groups in total. The van der Waals surface area contributed by atoms with Crippen LogP contribution in [0, 0.1) is 4.77 Å². The highest BCUT2D eigenvalue weighted by Crippen LogP contribution is 2.21. The molecule has 2 aromatic rings. The van der Waals surface area contributed by atoms with Gasteiger partial charge in [-0.25, -0.2) is 4.68 Å². The van der Waals surface area contributed by atoms with E-state index in [1.807, 2.05) is 40.6 Å². The number of rotatable bonds is 4. The van der Waals surface area contributed by atoms with Gasteiger partial charge in [0.05, 0.1) is 19.9 Å². The number of benzene rings is 1. The Morgan fingerprint density at radius 1 is 1.26 bits per heavy atom. The molecular weight excluding hydrogens is 312 g/mol. The monoisotopic (exact) mass is 334 g/mol. The molecule has 3 rings (SSSR count). The van der Waals surface area contributed by atoms with E-state index in [4.69, 9.17) is 17.0 Å². The largest absolute Gasteiger partial charge is 0.497 e. The number of aliphatic hydroxyl groups excluding tert-OH is 1. The van der Waals surface area contributed by atoms with Gasteiger partial charge in [0.1, 0.15) is 5.75 Å². The zero-order chi connectivity index (χ0) is 16.4. The number of ether oxygens (including phenoxy) is 1. The minimum atomic E-state index is -0.169. The van der Waals surface area contributed by atoms with Gasteiger partial charge in [0.2, 0.25) is 0 Å². The predicted octanol–water partition coefficient (Wildman–Crippen LogP) is 2.04. The lowest BCUT2D eigenvalue weighted by molar-refractivity contribution is 0.0650. The Hall–Kier alpha value is -1.70. The van der Waals surface area contributed by atoms with Gasteiger partial charge >= 0.3 is 0 Å². The average Bonchev–Trinajstić information content (AvgIpc) is 2.85. The number of methoxy groups -OCH3 is 1. The number of aromatic nitrogens is 3. The van der Waals surface area contributed by atoms with E-state index in [1.165, 1.54) is 0 Å². The second-order valence-electron chi connectivity index (χ2n) is 5.88. The van der Waals surface area contributed by atoms with E-state index in [0.717, 1.165) is 43.1 Å². The number of nitrogens with zero attached hydrogens (tertiary/aromatic N) is 4. The van der Waals surface area contributed by atoms with Gasteiger partial charge in [-0.05, 0) is 49.3 Å². The zero-order valence-electron chi connectivity index (χ0n) is 13.5. The van der Waals surface area contributed by atoms with E-state index >= 15 is 0 Å². The Kier molecular flexibility index (Phi) is 4.79. The SMILES string of the molecule is COc1ccc(-c2nn(CN3CCC(O)CC3)c(=S)n2C)cc1. The summed E-state index contributed by atoms with van der Waals surface area (Å²) in [6.45, 7) is 2.41. The quantitative estimate of drug-likeness (QED) is 0.867. The van der Waals surface area contributed by atoms with E-state index in [0.29, 0.717) is 11.4 Å². The van der Waals surface area contributed by atoms with Crippen LogP contribution in [0.5, 0.6) is 5.75 Å². The van der Waals surface area contributed by atoms with Crippen molar-refractivity contribution in [3.05, 3.63) is 29.0 Å². The van der Waals surface area contributed by atoms with E-state index in [-0.39, 0.29) is 6.10 Å². The Labute approximate surface area is 140 Å². The van der Waals surface area contributed by atoms with E-state index in [2.05, 4.69) is 10.00 Å². The molecule has 1 aliphatic rings. The minimum absolute atomic E-state index is 0.169. The Balaban J connectivity index is 1.81. The van der Waals surface area contributed by atoms with E-state index in [1.54, 1.807) is 7.11 Å². The lowest BCUT2D eigenvalue weighted by Crippen LogP contribution is -2.37. The molecule has 0 unspecified atom stereocenters. The minimum Gasteiger partial charge on any atom is -0.497 e. The molecule has 0 amide bonds. The first-order valence-corrected chi connectivity index (χ1v) is 8.18. The summed E-state index contributed by atoms with van der Waals surface area (Å²) in [7, 11) is 3.59. The van der Waals surface area contributed by atoms with Gasteiger partial charge in [0.25, 0.3) is 0 Å².